The van der Waals surface area contributed by atoms with Gasteiger partial charge in [-0.15, -0.1) is 0 Å². The highest BCUT2D eigenvalue weighted by Crippen LogP contribution is 2.28. The summed E-state index contributed by atoms with van der Waals surface area (Å²) in [6.07, 6.45) is 2.64. The molecule has 1 aromatic carbocycles. The lowest BCUT2D eigenvalue weighted by Crippen LogP contribution is -2.49. The molecule has 0 saturated carbocycles. The van der Waals surface area contributed by atoms with E-state index in [1.54, 1.807) is 0 Å². The van der Waals surface area contributed by atoms with E-state index in [1.165, 1.54) is 19.4 Å². The van der Waals surface area contributed by atoms with Gasteiger partial charge in [0.15, 0.2) is 0 Å². The van der Waals surface area contributed by atoms with Gasteiger partial charge in [0.25, 0.3) is 0 Å². The zero-order valence-electron chi connectivity index (χ0n) is 12.1. The van der Waals surface area contributed by atoms with Crippen LogP contribution < -0.4 is 10.5 Å². The van der Waals surface area contributed by atoms with Crippen molar-refractivity contribution in [3.8, 4) is 5.75 Å². The molecule has 3 unspecified atom stereocenters. The van der Waals surface area contributed by atoms with Gasteiger partial charge in [0.2, 0.25) is 0 Å². The number of nitrogens with two attached hydrogens (primary N) is 1. The second kappa shape index (κ2) is 6.12. The summed E-state index contributed by atoms with van der Waals surface area (Å²) in [5.74, 6) is 0.885. The molecule has 0 amide bonds. The van der Waals surface area contributed by atoms with E-state index in [9.17, 15) is 0 Å². The Balaban J connectivity index is 1.68. The van der Waals surface area contributed by atoms with Crippen molar-refractivity contribution in [1.29, 1.82) is 0 Å². The minimum atomic E-state index is -0.0862. The van der Waals surface area contributed by atoms with Crippen LogP contribution in [0.5, 0.6) is 5.75 Å². The quantitative estimate of drug-likeness (QED) is 0.913. The summed E-state index contributed by atoms with van der Waals surface area (Å²) in [7, 11) is 0. The van der Waals surface area contributed by atoms with E-state index in [0.29, 0.717) is 12.6 Å². The Bertz CT molecular complexity index is 452. The zero-order valence-corrected chi connectivity index (χ0v) is 12.1. The number of hydrogen-bond donors (Lipinski definition) is 1. The first-order valence-electron chi connectivity index (χ1n) is 7.62. The van der Waals surface area contributed by atoms with Crippen molar-refractivity contribution in [2.45, 2.75) is 38.0 Å². The standard InChI is InChI=1S/C16H24N2O2/c1-2-19-14-7-3-5-12(9-14)16(17)15-10-18-8-4-6-13(18)11-20-15/h3,5,7,9,13,15-16H,2,4,6,8,10-11,17H2,1H3. The molecule has 20 heavy (non-hydrogen) atoms. The van der Waals surface area contributed by atoms with E-state index in [0.717, 1.165) is 24.5 Å². The number of morpholine rings is 1. The number of fused-ring (bicyclic) bond motifs is 1. The Hall–Kier alpha value is -1.10. The van der Waals surface area contributed by atoms with Crippen LogP contribution in [0, 0.1) is 0 Å². The topological polar surface area (TPSA) is 47.7 Å². The zero-order chi connectivity index (χ0) is 13.9. The van der Waals surface area contributed by atoms with Crippen LogP contribution in [-0.2, 0) is 4.74 Å². The summed E-state index contributed by atoms with van der Waals surface area (Å²) in [5.41, 5.74) is 7.51. The lowest BCUT2D eigenvalue weighted by Gasteiger charge is -2.37. The van der Waals surface area contributed by atoms with E-state index >= 15 is 0 Å². The summed E-state index contributed by atoms with van der Waals surface area (Å²) < 4.78 is 11.5. The molecule has 2 aliphatic rings. The molecule has 110 valence electrons. The van der Waals surface area contributed by atoms with Crippen molar-refractivity contribution in [3.63, 3.8) is 0 Å². The van der Waals surface area contributed by atoms with Gasteiger partial charge in [-0.1, -0.05) is 12.1 Å². The molecule has 3 rings (SSSR count). The highest BCUT2D eigenvalue weighted by atomic mass is 16.5. The predicted octanol–water partition coefficient (Wildman–Crippen LogP) is 1.95. The van der Waals surface area contributed by atoms with Gasteiger partial charge in [0.05, 0.1) is 25.4 Å². The van der Waals surface area contributed by atoms with Crippen LogP contribution in [0.3, 0.4) is 0 Å². The highest BCUT2D eigenvalue weighted by Gasteiger charge is 2.35. The molecule has 2 fully saturated rings. The molecular weight excluding hydrogens is 252 g/mol. The van der Waals surface area contributed by atoms with Gasteiger partial charge in [-0.05, 0) is 44.0 Å². The third-order valence-electron chi connectivity index (χ3n) is 4.37. The third kappa shape index (κ3) is 2.82. The average Bonchev–Trinajstić information content (AvgIpc) is 2.94. The Morgan fingerprint density at radius 2 is 2.40 bits per heavy atom. The van der Waals surface area contributed by atoms with Gasteiger partial charge in [0, 0.05) is 12.6 Å². The van der Waals surface area contributed by atoms with Crippen LogP contribution >= 0.6 is 0 Å². The van der Waals surface area contributed by atoms with Crippen LogP contribution in [0.15, 0.2) is 24.3 Å². The summed E-state index contributed by atoms with van der Waals surface area (Å²) in [6.45, 7) is 5.63. The van der Waals surface area contributed by atoms with E-state index < -0.39 is 0 Å². The highest BCUT2D eigenvalue weighted by molar-refractivity contribution is 5.31. The minimum Gasteiger partial charge on any atom is -0.494 e. The summed E-state index contributed by atoms with van der Waals surface area (Å²) in [5, 5.41) is 0. The summed E-state index contributed by atoms with van der Waals surface area (Å²) >= 11 is 0. The van der Waals surface area contributed by atoms with Crippen LogP contribution in [0.25, 0.3) is 0 Å². The SMILES string of the molecule is CCOc1cccc(C(N)C2CN3CCCC3CO2)c1. The molecule has 0 radical (unpaired) electrons. The number of ether oxygens (including phenoxy) is 2. The Morgan fingerprint density at radius 1 is 1.50 bits per heavy atom. The predicted molar refractivity (Wildman–Crippen MR) is 78.9 cm³/mol. The van der Waals surface area contributed by atoms with E-state index in [2.05, 4.69) is 11.0 Å². The fraction of sp³-hybridized carbons (Fsp3) is 0.625. The van der Waals surface area contributed by atoms with Gasteiger partial charge in [-0.25, -0.2) is 0 Å². The van der Waals surface area contributed by atoms with Gasteiger partial charge < -0.3 is 15.2 Å². The lowest BCUT2D eigenvalue weighted by atomic mass is 10.00. The minimum absolute atomic E-state index is 0.0845. The number of nitrogens with zero attached hydrogens (tertiary/aromatic N) is 1. The molecule has 2 saturated heterocycles. The molecule has 3 atom stereocenters. The first-order valence-corrected chi connectivity index (χ1v) is 7.62. The molecule has 2 heterocycles. The van der Waals surface area contributed by atoms with Gasteiger partial charge in [-0.2, -0.15) is 0 Å². The van der Waals surface area contributed by atoms with Crippen molar-refractivity contribution in [2.75, 3.05) is 26.3 Å². The van der Waals surface area contributed by atoms with Crippen LogP contribution in [-0.4, -0.2) is 43.3 Å². The molecule has 1 aromatic rings. The van der Waals surface area contributed by atoms with Gasteiger partial charge >= 0.3 is 0 Å². The smallest absolute Gasteiger partial charge is 0.119 e. The monoisotopic (exact) mass is 276 g/mol. The average molecular weight is 276 g/mol. The van der Waals surface area contributed by atoms with E-state index in [-0.39, 0.29) is 12.1 Å². The van der Waals surface area contributed by atoms with E-state index in [4.69, 9.17) is 15.2 Å². The molecule has 2 aliphatic heterocycles. The Labute approximate surface area is 120 Å². The van der Waals surface area contributed by atoms with Crippen molar-refractivity contribution in [3.05, 3.63) is 29.8 Å². The van der Waals surface area contributed by atoms with Crippen LogP contribution in [0.4, 0.5) is 0 Å². The van der Waals surface area contributed by atoms with Crippen molar-refractivity contribution in [2.24, 2.45) is 5.73 Å². The molecule has 0 aliphatic carbocycles. The Morgan fingerprint density at radius 3 is 3.25 bits per heavy atom. The van der Waals surface area contributed by atoms with Gasteiger partial charge in [-0.3, -0.25) is 4.90 Å². The number of rotatable bonds is 4. The third-order valence-corrected chi connectivity index (χ3v) is 4.37. The number of benzene rings is 1. The first kappa shape index (κ1) is 13.9. The largest absolute Gasteiger partial charge is 0.494 e. The number of hydrogen-bond acceptors (Lipinski definition) is 4. The maximum absolute atomic E-state index is 6.41. The van der Waals surface area contributed by atoms with Gasteiger partial charge in [0.1, 0.15) is 5.75 Å². The van der Waals surface area contributed by atoms with E-state index in [1.807, 2.05) is 25.1 Å². The first-order chi connectivity index (χ1) is 9.78. The Kier molecular flexibility index (Phi) is 4.24. The molecule has 4 heteroatoms. The maximum Gasteiger partial charge on any atom is 0.119 e. The van der Waals surface area contributed by atoms with Crippen molar-refractivity contribution >= 4 is 0 Å². The summed E-state index contributed by atoms with van der Waals surface area (Å²) in [6, 6.07) is 8.60. The van der Waals surface area contributed by atoms with Crippen molar-refractivity contribution in [1.82, 2.24) is 4.90 Å². The normalized spacial score (nSPS) is 28.1. The summed E-state index contributed by atoms with van der Waals surface area (Å²) in [4.78, 5) is 2.53. The van der Waals surface area contributed by atoms with Crippen LogP contribution in [0.2, 0.25) is 0 Å². The second-order valence-electron chi connectivity index (χ2n) is 5.69. The molecule has 0 bridgehead atoms. The fourth-order valence-corrected chi connectivity index (χ4v) is 3.25. The molecule has 4 nitrogen and oxygen atoms in total. The maximum atomic E-state index is 6.41. The van der Waals surface area contributed by atoms with Crippen LogP contribution in [0.1, 0.15) is 31.4 Å². The molecule has 2 N–H and O–H groups in total. The second-order valence-corrected chi connectivity index (χ2v) is 5.69. The molecule has 0 aromatic heterocycles. The lowest BCUT2D eigenvalue weighted by molar-refractivity contribution is -0.0597. The molecular formula is C16H24N2O2. The van der Waals surface area contributed by atoms with Crippen molar-refractivity contribution < 1.29 is 9.47 Å². The molecule has 0 spiro atoms. The fourth-order valence-electron chi connectivity index (χ4n) is 3.25.